The fourth-order valence-electron chi connectivity index (χ4n) is 0.649. The van der Waals surface area contributed by atoms with Gasteiger partial charge in [0.1, 0.15) is 6.29 Å². The van der Waals surface area contributed by atoms with E-state index in [-0.39, 0.29) is 5.25 Å². The van der Waals surface area contributed by atoms with Crippen molar-refractivity contribution in [3.8, 4) is 0 Å². The van der Waals surface area contributed by atoms with Gasteiger partial charge < -0.3 is 4.79 Å². The molecule has 0 aromatic rings. The van der Waals surface area contributed by atoms with Crippen LogP contribution in [0.2, 0.25) is 0 Å². The molecule has 0 aromatic carbocycles. The van der Waals surface area contributed by atoms with Gasteiger partial charge in [-0.2, -0.15) is 0 Å². The van der Waals surface area contributed by atoms with Crippen molar-refractivity contribution in [1.82, 2.24) is 0 Å². The molecule has 2 heteroatoms. The first-order valence-electron chi connectivity index (χ1n) is 2.62. The van der Waals surface area contributed by atoms with Gasteiger partial charge in [-0.05, 0) is 11.3 Å². The molecule has 2 unspecified atom stereocenters. The molecule has 8 heavy (non-hydrogen) atoms. The smallest absolute Gasteiger partial charge is 0.133 e. The van der Waals surface area contributed by atoms with Crippen LogP contribution in [0.25, 0.3) is 0 Å². The maximum Gasteiger partial charge on any atom is 0.133 e. The van der Waals surface area contributed by atoms with E-state index in [0.717, 1.165) is 6.29 Å². The van der Waals surface area contributed by atoms with Crippen molar-refractivity contribution < 1.29 is 4.79 Å². The highest BCUT2D eigenvalue weighted by Gasteiger charge is 2.17. The van der Waals surface area contributed by atoms with Gasteiger partial charge in [-0.15, -0.1) is 11.8 Å². The van der Waals surface area contributed by atoms with Crippen molar-refractivity contribution in [3.05, 3.63) is 11.5 Å². The molecule has 2 atom stereocenters. The van der Waals surface area contributed by atoms with E-state index in [9.17, 15) is 4.79 Å². The van der Waals surface area contributed by atoms with Crippen molar-refractivity contribution in [2.75, 3.05) is 0 Å². The molecule has 0 N–H and O–H groups in total. The first-order valence-corrected chi connectivity index (χ1v) is 3.56. The molecule has 0 fully saturated rings. The van der Waals surface area contributed by atoms with Gasteiger partial charge in [0.2, 0.25) is 0 Å². The second-order valence-electron chi connectivity index (χ2n) is 1.92. The quantitative estimate of drug-likeness (QED) is 0.497. The summed E-state index contributed by atoms with van der Waals surface area (Å²) < 4.78 is 0. The number of thioether (sulfide) groups is 1. The minimum atomic E-state index is 0.190. The number of allylic oxidation sites excluding steroid dienone is 1. The molecule has 0 aromatic heterocycles. The fraction of sp³-hybridized carbons (Fsp3) is 0.500. The van der Waals surface area contributed by atoms with Crippen LogP contribution >= 0.6 is 11.8 Å². The first kappa shape index (κ1) is 5.89. The van der Waals surface area contributed by atoms with Crippen molar-refractivity contribution in [2.45, 2.75) is 12.2 Å². The van der Waals surface area contributed by atoms with Gasteiger partial charge in [0, 0.05) is 0 Å². The van der Waals surface area contributed by atoms with Crippen LogP contribution in [-0.2, 0) is 4.79 Å². The number of rotatable bonds is 1. The molecular weight excluding hydrogens is 120 g/mol. The molecular formula is C6H8OS. The van der Waals surface area contributed by atoms with Crippen molar-refractivity contribution in [2.24, 2.45) is 5.92 Å². The zero-order valence-corrected chi connectivity index (χ0v) is 5.52. The zero-order valence-electron chi connectivity index (χ0n) is 4.70. The Kier molecular flexibility index (Phi) is 1.73. The molecule has 1 heterocycles. The third-order valence-electron chi connectivity index (χ3n) is 1.27. The van der Waals surface area contributed by atoms with E-state index in [1.54, 1.807) is 11.8 Å². The summed E-state index contributed by atoms with van der Waals surface area (Å²) in [5.41, 5.74) is 0. The van der Waals surface area contributed by atoms with E-state index in [2.05, 4.69) is 13.0 Å². The number of hydrogen-bond acceptors (Lipinski definition) is 2. The minimum absolute atomic E-state index is 0.190. The predicted molar refractivity (Wildman–Crippen MR) is 35.7 cm³/mol. The van der Waals surface area contributed by atoms with E-state index in [1.165, 1.54) is 0 Å². The number of carbonyl (C=O) groups excluding carboxylic acids is 1. The molecule has 0 radical (unpaired) electrons. The Bertz CT molecular complexity index is 120. The summed E-state index contributed by atoms with van der Waals surface area (Å²) in [4.78, 5) is 10.2. The largest absolute Gasteiger partial charge is 0.302 e. The van der Waals surface area contributed by atoms with Gasteiger partial charge in [0.25, 0.3) is 0 Å². The molecule has 0 spiro atoms. The van der Waals surface area contributed by atoms with Gasteiger partial charge in [0.15, 0.2) is 0 Å². The summed E-state index contributed by atoms with van der Waals surface area (Å²) in [6.45, 7) is 2.05. The Morgan fingerprint density at radius 3 is 2.75 bits per heavy atom. The van der Waals surface area contributed by atoms with Crippen LogP contribution in [0.4, 0.5) is 0 Å². The molecule has 0 saturated heterocycles. The van der Waals surface area contributed by atoms with Crippen LogP contribution in [-0.4, -0.2) is 11.5 Å². The maximum atomic E-state index is 10.2. The Morgan fingerprint density at radius 1 is 1.75 bits per heavy atom. The van der Waals surface area contributed by atoms with Crippen molar-refractivity contribution in [3.63, 3.8) is 0 Å². The van der Waals surface area contributed by atoms with Gasteiger partial charge in [-0.1, -0.05) is 13.0 Å². The lowest BCUT2D eigenvalue weighted by Gasteiger charge is -2.02. The molecule has 1 nitrogen and oxygen atoms in total. The van der Waals surface area contributed by atoms with Crippen LogP contribution in [0.1, 0.15) is 6.92 Å². The molecule has 1 aliphatic rings. The van der Waals surface area contributed by atoms with Crippen LogP contribution in [0.3, 0.4) is 0 Å². The SMILES string of the molecule is CC1C=CSC1C=O. The van der Waals surface area contributed by atoms with E-state index >= 15 is 0 Å². The topological polar surface area (TPSA) is 17.1 Å². The third-order valence-corrected chi connectivity index (χ3v) is 2.44. The predicted octanol–water partition coefficient (Wildman–Crippen LogP) is 1.45. The van der Waals surface area contributed by atoms with E-state index in [4.69, 9.17) is 0 Å². The Balaban J connectivity index is 2.50. The Hall–Kier alpha value is -0.240. The second-order valence-corrected chi connectivity index (χ2v) is 3.01. The normalized spacial score (nSPS) is 35.6. The molecule has 0 amide bonds. The highest BCUT2D eigenvalue weighted by Crippen LogP contribution is 2.27. The minimum Gasteiger partial charge on any atom is -0.302 e. The molecule has 44 valence electrons. The molecule has 1 aliphatic heterocycles. The van der Waals surface area contributed by atoms with Crippen LogP contribution in [0.5, 0.6) is 0 Å². The summed E-state index contributed by atoms with van der Waals surface area (Å²) in [5, 5.41) is 2.18. The zero-order chi connectivity index (χ0) is 5.98. The summed E-state index contributed by atoms with van der Waals surface area (Å²) in [6.07, 6.45) is 3.07. The fourth-order valence-corrected chi connectivity index (χ4v) is 1.57. The van der Waals surface area contributed by atoms with Crippen LogP contribution < -0.4 is 0 Å². The number of hydrogen-bond donors (Lipinski definition) is 0. The molecule has 0 bridgehead atoms. The summed E-state index contributed by atoms with van der Waals surface area (Å²) >= 11 is 1.60. The Morgan fingerprint density at radius 2 is 2.50 bits per heavy atom. The molecule has 0 saturated carbocycles. The van der Waals surface area contributed by atoms with Gasteiger partial charge in [-0.25, -0.2) is 0 Å². The average Bonchev–Trinajstić information content (AvgIpc) is 2.14. The van der Waals surface area contributed by atoms with Crippen molar-refractivity contribution in [1.29, 1.82) is 0 Å². The van der Waals surface area contributed by atoms with Crippen LogP contribution in [0, 0.1) is 5.92 Å². The highest BCUT2D eigenvalue weighted by molar-refractivity contribution is 8.03. The Labute approximate surface area is 53.2 Å². The first-order chi connectivity index (χ1) is 3.84. The van der Waals surface area contributed by atoms with E-state index < -0.39 is 0 Å². The second kappa shape index (κ2) is 2.35. The van der Waals surface area contributed by atoms with E-state index in [0.29, 0.717) is 5.92 Å². The monoisotopic (exact) mass is 128 g/mol. The highest BCUT2D eigenvalue weighted by atomic mass is 32.2. The standard InChI is InChI=1S/C6H8OS/c1-5-2-3-8-6(5)4-7/h2-6H,1H3. The number of aldehydes is 1. The van der Waals surface area contributed by atoms with Crippen LogP contribution in [0.15, 0.2) is 11.5 Å². The summed E-state index contributed by atoms with van der Waals surface area (Å²) in [6, 6.07) is 0. The third kappa shape index (κ3) is 0.944. The lowest BCUT2D eigenvalue weighted by molar-refractivity contribution is -0.107. The van der Waals surface area contributed by atoms with Gasteiger partial charge in [0.05, 0.1) is 5.25 Å². The lowest BCUT2D eigenvalue weighted by Crippen LogP contribution is -2.08. The summed E-state index contributed by atoms with van der Waals surface area (Å²) in [7, 11) is 0. The van der Waals surface area contributed by atoms with Gasteiger partial charge >= 0.3 is 0 Å². The maximum absolute atomic E-state index is 10.2. The molecule has 1 rings (SSSR count). The molecule has 0 aliphatic carbocycles. The van der Waals surface area contributed by atoms with Crippen molar-refractivity contribution >= 4 is 18.0 Å². The number of carbonyl (C=O) groups is 1. The average molecular weight is 128 g/mol. The van der Waals surface area contributed by atoms with Gasteiger partial charge in [-0.3, -0.25) is 0 Å². The lowest BCUT2D eigenvalue weighted by atomic mass is 10.1. The summed E-state index contributed by atoms with van der Waals surface area (Å²) in [5.74, 6) is 0.442. The van der Waals surface area contributed by atoms with E-state index in [1.807, 2.05) is 5.41 Å².